The van der Waals surface area contributed by atoms with E-state index in [4.69, 9.17) is 0 Å². The SMILES string of the molecule is Cc1ccc(C)c(S(=O)(=O)Nc2ccc(C(=O)Nc3ccc(Cn4ccccc4=O)cc3)cc2)c1. The molecule has 0 aliphatic heterocycles. The molecule has 0 radical (unpaired) electrons. The fourth-order valence-corrected chi connectivity index (χ4v) is 4.97. The summed E-state index contributed by atoms with van der Waals surface area (Å²) in [5.74, 6) is -0.319. The first kappa shape index (κ1) is 24.0. The summed E-state index contributed by atoms with van der Waals surface area (Å²) in [6.07, 6.45) is 1.73. The van der Waals surface area contributed by atoms with E-state index in [-0.39, 0.29) is 16.4 Å². The standard InChI is InChI=1S/C27H25N3O4S/c1-19-6-7-20(2)25(17-19)35(33,34)29-24-14-10-22(11-15-24)27(32)28-23-12-8-21(9-13-23)18-30-16-4-3-5-26(30)31/h3-17,29H,18H2,1-2H3,(H,28,32). The number of nitrogens with one attached hydrogen (secondary N) is 2. The Hall–Kier alpha value is -4.17. The van der Waals surface area contributed by atoms with Gasteiger partial charge in [-0.05, 0) is 79.1 Å². The molecule has 0 atom stereocenters. The first-order chi connectivity index (χ1) is 16.7. The van der Waals surface area contributed by atoms with Crippen LogP contribution in [0.5, 0.6) is 0 Å². The van der Waals surface area contributed by atoms with Crippen LogP contribution in [0, 0.1) is 13.8 Å². The van der Waals surface area contributed by atoms with Crippen molar-refractivity contribution < 1.29 is 13.2 Å². The lowest BCUT2D eigenvalue weighted by atomic mass is 10.1. The monoisotopic (exact) mass is 487 g/mol. The largest absolute Gasteiger partial charge is 0.322 e. The van der Waals surface area contributed by atoms with Crippen LogP contribution in [0.25, 0.3) is 0 Å². The predicted octanol–water partition coefficient (Wildman–Crippen LogP) is 4.57. The molecule has 35 heavy (non-hydrogen) atoms. The highest BCUT2D eigenvalue weighted by Gasteiger charge is 2.17. The maximum Gasteiger partial charge on any atom is 0.262 e. The van der Waals surface area contributed by atoms with Crippen LogP contribution in [0.2, 0.25) is 0 Å². The molecule has 0 fully saturated rings. The number of pyridine rings is 1. The summed E-state index contributed by atoms with van der Waals surface area (Å²) in [6.45, 7) is 4.02. The molecule has 2 N–H and O–H groups in total. The second kappa shape index (κ2) is 9.99. The second-order valence-electron chi connectivity index (χ2n) is 8.27. The lowest BCUT2D eigenvalue weighted by Crippen LogP contribution is -2.18. The highest BCUT2D eigenvalue weighted by atomic mass is 32.2. The fraction of sp³-hybridized carbons (Fsp3) is 0.111. The molecule has 0 saturated carbocycles. The van der Waals surface area contributed by atoms with Gasteiger partial charge in [-0.25, -0.2) is 8.42 Å². The van der Waals surface area contributed by atoms with Crippen LogP contribution in [0.3, 0.4) is 0 Å². The van der Waals surface area contributed by atoms with E-state index in [0.717, 1.165) is 11.1 Å². The maximum absolute atomic E-state index is 12.8. The summed E-state index contributed by atoms with van der Waals surface area (Å²) in [4.78, 5) is 24.7. The van der Waals surface area contributed by atoms with E-state index in [2.05, 4.69) is 10.0 Å². The lowest BCUT2D eigenvalue weighted by Gasteiger charge is -2.12. The molecule has 0 spiro atoms. The molecule has 1 amide bonds. The van der Waals surface area contributed by atoms with Gasteiger partial charge < -0.3 is 9.88 Å². The van der Waals surface area contributed by atoms with Gasteiger partial charge in [0.2, 0.25) is 0 Å². The Kier molecular flexibility index (Phi) is 6.84. The van der Waals surface area contributed by atoms with E-state index in [1.807, 2.05) is 25.1 Å². The Balaban J connectivity index is 1.40. The van der Waals surface area contributed by atoms with Crippen molar-refractivity contribution in [3.63, 3.8) is 0 Å². The third kappa shape index (κ3) is 5.85. The molecule has 0 saturated heterocycles. The fourth-order valence-electron chi connectivity index (χ4n) is 3.58. The zero-order valence-corrected chi connectivity index (χ0v) is 20.2. The summed E-state index contributed by atoms with van der Waals surface area (Å²) < 4.78 is 29.7. The molecule has 4 rings (SSSR count). The van der Waals surface area contributed by atoms with Crippen molar-refractivity contribution in [2.45, 2.75) is 25.3 Å². The molecule has 8 heteroatoms. The minimum atomic E-state index is -3.75. The number of amides is 1. The molecule has 1 heterocycles. The number of rotatable bonds is 7. The average Bonchev–Trinajstić information content (AvgIpc) is 2.83. The van der Waals surface area contributed by atoms with Gasteiger partial charge in [-0.2, -0.15) is 0 Å². The highest BCUT2D eigenvalue weighted by molar-refractivity contribution is 7.92. The smallest absolute Gasteiger partial charge is 0.262 e. The van der Waals surface area contributed by atoms with Crippen molar-refractivity contribution in [1.82, 2.24) is 4.57 Å². The van der Waals surface area contributed by atoms with Crippen LogP contribution in [0.4, 0.5) is 11.4 Å². The van der Waals surface area contributed by atoms with E-state index < -0.39 is 10.0 Å². The van der Waals surface area contributed by atoms with E-state index in [0.29, 0.717) is 29.0 Å². The van der Waals surface area contributed by atoms with Gasteiger partial charge in [0.05, 0.1) is 11.4 Å². The van der Waals surface area contributed by atoms with E-state index >= 15 is 0 Å². The minimum absolute atomic E-state index is 0.0790. The number of carbonyl (C=O) groups excluding carboxylic acids is 1. The molecule has 1 aromatic heterocycles. The van der Waals surface area contributed by atoms with Crippen molar-refractivity contribution in [3.05, 3.63) is 124 Å². The number of hydrogen-bond acceptors (Lipinski definition) is 4. The summed E-state index contributed by atoms with van der Waals surface area (Å²) >= 11 is 0. The van der Waals surface area contributed by atoms with Gasteiger partial charge in [0.15, 0.2) is 0 Å². The van der Waals surface area contributed by atoms with E-state index in [9.17, 15) is 18.0 Å². The van der Waals surface area contributed by atoms with Crippen LogP contribution in [-0.2, 0) is 16.6 Å². The zero-order valence-electron chi connectivity index (χ0n) is 19.4. The Morgan fingerprint density at radius 1 is 0.857 bits per heavy atom. The van der Waals surface area contributed by atoms with Crippen molar-refractivity contribution in [2.75, 3.05) is 10.0 Å². The first-order valence-electron chi connectivity index (χ1n) is 11.0. The number of anilines is 2. The normalized spacial score (nSPS) is 11.1. The molecule has 0 aliphatic carbocycles. The Labute approximate surface area is 204 Å². The predicted molar refractivity (Wildman–Crippen MR) is 137 cm³/mol. The van der Waals surface area contributed by atoms with Crippen LogP contribution in [0.1, 0.15) is 27.0 Å². The Morgan fingerprint density at radius 2 is 1.54 bits per heavy atom. The summed E-state index contributed by atoms with van der Waals surface area (Å²) in [6, 6.07) is 23.7. The molecule has 0 aliphatic rings. The van der Waals surface area contributed by atoms with Gasteiger partial charge >= 0.3 is 0 Å². The van der Waals surface area contributed by atoms with Gasteiger partial charge in [0, 0.05) is 29.2 Å². The molecule has 0 unspecified atom stereocenters. The first-order valence-corrected chi connectivity index (χ1v) is 12.5. The van der Waals surface area contributed by atoms with Crippen LogP contribution < -0.4 is 15.6 Å². The van der Waals surface area contributed by atoms with Crippen molar-refractivity contribution >= 4 is 27.3 Å². The summed E-state index contributed by atoms with van der Waals surface area (Å²) in [5, 5.41) is 2.82. The molecular weight excluding hydrogens is 462 g/mol. The topological polar surface area (TPSA) is 97.3 Å². The number of aromatic nitrogens is 1. The molecule has 3 aromatic carbocycles. The zero-order chi connectivity index (χ0) is 25.0. The summed E-state index contributed by atoms with van der Waals surface area (Å²) in [5.41, 5.74) is 3.72. The Bertz CT molecular complexity index is 1520. The average molecular weight is 488 g/mol. The number of hydrogen-bond donors (Lipinski definition) is 2. The molecule has 0 bridgehead atoms. The second-order valence-corrected chi connectivity index (χ2v) is 9.92. The molecular formula is C27H25N3O4S. The van der Waals surface area contributed by atoms with Crippen molar-refractivity contribution in [3.8, 4) is 0 Å². The number of nitrogens with zero attached hydrogens (tertiary/aromatic N) is 1. The third-order valence-electron chi connectivity index (χ3n) is 5.50. The number of carbonyl (C=O) groups is 1. The van der Waals surface area contributed by atoms with Crippen molar-refractivity contribution in [2.24, 2.45) is 0 Å². The Morgan fingerprint density at radius 3 is 2.23 bits per heavy atom. The number of benzene rings is 3. The molecule has 4 aromatic rings. The lowest BCUT2D eigenvalue weighted by molar-refractivity contribution is 0.102. The van der Waals surface area contributed by atoms with Gasteiger partial charge in [0.1, 0.15) is 0 Å². The number of aryl methyl sites for hydroxylation is 2. The van der Waals surface area contributed by atoms with Gasteiger partial charge in [-0.3, -0.25) is 14.3 Å². The molecule has 7 nitrogen and oxygen atoms in total. The summed E-state index contributed by atoms with van der Waals surface area (Å²) in [7, 11) is -3.75. The van der Waals surface area contributed by atoms with Gasteiger partial charge in [0.25, 0.3) is 21.5 Å². The van der Waals surface area contributed by atoms with Crippen LogP contribution >= 0.6 is 0 Å². The minimum Gasteiger partial charge on any atom is -0.322 e. The quantitative estimate of drug-likeness (QED) is 0.399. The highest BCUT2D eigenvalue weighted by Crippen LogP contribution is 2.21. The number of sulfonamides is 1. The van der Waals surface area contributed by atoms with Crippen LogP contribution in [0.15, 0.2) is 101 Å². The van der Waals surface area contributed by atoms with E-state index in [1.54, 1.807) is 78.4 Å². The van der Waals surface area contributed by atoms with Gasteiger partial charge in [-0.1, -0.05) is 30.3 Å². The van der Waals surface area contributed by atoms with Gasteiger partial charge in [-0.15, -0.1) is 0 Å². The van der Waals surface area contributed by atoms with E-state index in [1.165, 1.54) is 6.07 Å². The molecule has 178 valence electrons. The maximum atomic E-state index is 12.8. The van der Waals surface area contributed by atoms with Crippen molar-refractivity contribution in [1.29, 1.82) is 0 Å². The third-order valence-corrected chi connectivity index (χ3v) is 7.02. The van der Waals surface area contributed by atoms with Crippen LogP contribution in [-0.4, -0.2) is 18.9 Å².